The largest absolute Gasteiger partial charge is 0.396 e. The number of benzene rings is 1. The fourth-order valence-corrected chi connectivity index (χ4v) is 5.47. The third kappa shape index (κ3) is 2.18. The highest BCUT2D eigenvalue weighted by molar-refractivity contribution is 7.91. The van der Waals surface area contributed by atoms with Crippen molar-refractivity contribution in [2.24, 2.45) is 17.1 Å². The lowest BCUT2D eigenvalue weighted by atomic mass is 9.70. The van der Waals surface area contributed by atoms with Gasteiger partial charge in [0.05, 0.1) is 17.3 Å². The molecule has 110 valence electrons. The molecule has 0 aromatic heterocycles. The van der Waals surface area contributed by atoms with Crippen molar-refractivity contribution in [3.05, 3.63) is 29.8 Å². The van der Waals surface area contributed by atoms with Crippen LogP contribution in [0.2, 0.25) is 0 Å². The molecule has 3 rings (SSSR count). The zero-order valence-corrected chi connectivity index (χ0v) is 12.3. The first-order chi connectivity index (χ1) is 9.52. The molecule has 1 aliphatic carbocycles. The van der Waals surface area contributed by atoms with Gasteiger partial charge in [0, 0.05) is 17.9 Å². The minimum atomic E-state index is -3.24. The Balaban J connectivity index is 2.04. The lowest BCUT2D eigenvalue weighted by molar-refractivity contribution is 0.0935. The summed E-state index contributed by atoms with van der Waals surface area (Å²) in [5.41, 5.74) is 6.31. The molecule has 0 radical (unpaired) electrons. The van der Waals surface area contributed by atoms with Crippen molar-refractivity contribution in [2.45, 2.75) is 30.1 Å². The summed E-state index contributed by atoms with van der Waals surface area (Å²) in [6.07, 6.45) is 3.17. The van der Waals surface area contributed by atoms with Crippen LogP contribution in [0.15, 0.2) is 29.2 Å². The first kappa shape index (κ1) is 14.0. The predicted octanol–water partition coefficient (Wildman–Crippen LogP) is 1.29. The van der Waals surface area contributed by atoms with Crippen molar-refractivity contribution in [1.29, 1.82) is 0 Å². The summed E-state index contributed by atoms with van der Waals surface area (Å²) in [6, 6.07) is 7.16. The minimum absolute atomic E-state index is 0.0471. The Labute approximate surface area is 119 Å². The summed E-state index contributed by atoms with van der Waals surface area (Å²) in [7, 11) is -3.24. The second-order valence-electron chi connectivity index (χ2n) is 6.24. The van der Waals surface area contributed by atoms with Crippen LogP contribution in [0.1, 0.15) is 30.7 Å². The molecule has 1 aromatic rings. The molecule has 0 amide bonds. The molecule has 2 unspecified atom stereocenters. The van der Waals surface area contributed by atoms with Gasteiger partial charge in [0.2, 0.25) is 0 Å². The molecule has 5 heteroatoms. The van der Waals surface area contributed by atoms with E-state index in [1.165, 1.54) is 12.8 Å². The van der Waals surface area contributed by atoms with E-state index < -0.39 is 15.3 Å². The Bertz CT molecular complexity index is 603. The molecule has 1 aromatic carbocycles. The molecule has 1 heterocycles. The van der Waals surface area contributed by atoms with Gasteiger partial charge in [-0.3, -0.25) is 0 Å². The predicted molar refractivity (Wildman–Crippen MR) is 77.2 cm³/mol. The maximum atomic E-state index is 12.3. The molecule has 2 aliphatic rings. The van der Waals surface area contributed by atoms with Gasteiger partial charge >= 0.3 is 0 Å². The third-order valence-electron chi connectivity index (χ3n) is 4.87. The maximum absolute atomic E-state index is 12.3. The van der Waals surface area contributed by atoms with Crippen molar-refractivity contribution in [3.63, 3.8) is 0 Å². The summed E-state index contributed by atoms with van der Waals surface area (Å²) >= 11 is 0. The Morgan fingerprint density at radius 3 is 2.60 bits per heavy atom. The van der Waals surface area contributed by atoms with Gasteiger partial charge < -0.3 is 10.8 Å². The summed E-state index contributed by atoms with van der Waals surface area (Å²) in [5, 5.41) is 9.93. The van der Waals surface area contributed by atoms with Gasteiger partial charge in [-0.25, -0.2) is 8.42 Å². The Kier molecular flexibility index (Phi) is 3.39. The molecule has 1 aliphatic heterocycles. The second-order valence-corrected chi connectivity index (χ2v) is 8.25. The fourth-order valence-electron chi connectivity index (χ4n) is 3.46. The number of aliphatic hydroxyl groups excluding tert-OH is 1. The Morgan fingerprint density at radius 1 is 1.30 bits per heavy atom. The quantitative estimate of drug-likeness (QED) is 0.858. The number of aliphatic hydroxyl groups is 1. The standard InChI is InChI=1S/C15H21NO3S/c16-9-15(10-17,7-11-5-6-11)13-8-20(18,19)14-4-2-1-3-12(13)14/h1-4,11,13,17H,5-10,16H2. The normalized spacial score (nSPS) is 27.0. The van der Waals surface area contributed by atoms with Gasteiger partial charge in [0.1, 0.15) is 0 Å². The molecule has 0 bridgehead atoms. The maximum Gasteiger partial charge on any atom is 0.179 e. The van der Waals surface area contributed by atoms with Crippen molar-refractivity contribution in [1.82, 2.24) is 0 Å². The highest BCUT2D eigenvalue weighted by atomic mass is 32.2. The lowest BCUT2D eigenvalue weighted by Gasteiger charge is -2.36. The third-order valence-corrected chi connectivity index (χ3v) is 6.68. The molecule has 1 saturated carbocycles. The van der Waals surface area contributed by atoms with Crippen LogP contribution >= 0.6 is 0 Å². The number of fused-ring (bicyclic) bond motifs is 1. The van der Waals surface area contributed by atoms with Crippen LogP contribution in [-0.2, 0) is 9.84 Å². The highest BCUT2D eigenvalue weighted by Crippen LogP contribution is 2.51. The number of rotatable bonds is 5. The number of hydrogen-bond donors (Lipinski definition) is 2. The molecular formula is C15H21NO3S. The molecule has 0 spiro atoms. The summed E-state index contributed by atoms with van der Waals surface area (Å²) in [5.74, 6) is 0.497. The van der Waals surface area contributed by atoms with Crippen molar-refractivity contribution in [3.8, 4) is 0 Å². The fraction of sp³-hybridized carbons (Fsp3) is 0.600. The molecular weight excluding hydrogens is 274 g/mol. The minimum Gasteiger partial charge on any atom is -0.396 e. The second kappa shape index (κ2) is 4.83. The van der Waals surface area contributed by atoms with Crippen LogP contribution < -0.4 is 5.73 Å². The van der Waals surface area contributed by atoms with E-state index in [1.54, 1.807) is 12.1 Å². The van der Waals surface area contributed by atoms with Crippen LogP contribution in [0.25, 0.3) is 0 Å². The molecule has 1 fully saturated rings. The summed E-state index contributed by atoms with van der Waals surface area (Å²) in [6.45, 7) is 0.281. The van der Waals surface area contributed by atoms with Gasteiger partial charge in [0.25, 0.3) is 0 Å². The van der Waals surface area contributed by atoms with Crippen molar-refractivity contribution < 1.29 is 13.5 Å². The zero-order valence-electron chi connectivity index (χ0n) is 11.5. The molecule has 0 saturated heterocycles. The van der Waals surface area contributed by atoms with E-state index >= 15 is 0 Å². The molecule has 2 atom stereocenters. The Hall–Kier alpha value is -0.910. The van der Waals surface area contributed by atoms with Crippen LogP contribution in [0, 0.1) is 11.3 Å². The summed E-state index contributed by atoms with van der Waals surface area (Å²) in [4.78, 5) is 0.423. The molecule has 3 N–H and O–H groups in total. The average molecular weight is 295 g/mol. The van der Waals surface area contributed by atoms with Crippen LogP contribution in [0.4, 0.5) is 0 Å². The zero-order chi connectivity index (χ0) is 14.4. The average Bonchev–Trinajstić information content (AvgIpc) is 3.22. The van der Waals surface area contributed by atoms with E-state index in [-0.39, 0.29) is 18.3 Å². The highest BCUT2D eigenvalue weighted by Gasteiger charge is 2.48. The van der Waals surface area contributed by atoms with Gasteiger partial charge in [-0.15, -0.1) is 0 Å². The van der Waals surface area contributed by atoms with Crippen LogP contribution in [0.3, 0.4) is 0 Å². The first-order valence-electron chi connectivity index (χ1n) is 7.15. The van der Waals surface area contributed by atoms with Gasteiger partial charge in [-0.1, -0.05) is 31.0 Å². The molecule has 4 nitrogen and oxygen atoms in total. The number of sulfone groups is 1. The van der Waals surface area contributed by atoms with Crippen molar-refractivity contribution in [2.75, 3.05) is 18.9 Å². The van der Waals surface area contributed by atoms with E-state index in [4.69, 9.17) is 5.73 Å². The lowest BCUT2D eigenvalue weighted by Crippen LogP contribution is -2.41. The smallest absolute Gasteiger partial charge is 0.179 e. The van der Waals surface area contributed by atoms with E-state index in [9.17, 15) is 13.5 Å². The monoisotopic (exact) mass is 295 g/mol. The number of nitrogens with two attached hydrogens (primary N) is 1. The van der Waals surface area contributed by atoms with Gasteiger partial charge in [0.15, 0.2) is 9.84 Å². The van der Waals surface area contributed by atoms with E-state index in [1.807, 2.05) is 12.1 Å². The van der Waals surface area contributed by atoms with E-state index in [2.05, 4.69) is 0 Å². The van der Waals surface area contributed by atoms with E-state index in [0.29, 0.717) is 17.4 Å². The van der Waals surface area contributed by atoms with Gasteiger partial charge in [-0.2, -0.15) is 0 Å². The van der Waals surface area contributed by atoms with Crippen molar-refractivity contribution >= 4 is 9.84 Å². The Morgan fingerprint density at radius 2 is 2.00 bits per heavy atom. The van der Waals surface area contributed by atoms with Crippen LogP contribution in [0.5, 0.6) is 0 Å². The SMILES string of the molecule is NCC(CO)(CC1CC1)C1CS(=O)(=O)c2ccccc21. The van der Waals surface area contributed by atoms with E-state index in [0.717, 1.165) is 12.0 Å². The molecule has 20 heavy (non-hydrogen) atoms. The number of hydrogen-bond acceptors (Lipinski definition) is 4. The first-order valence-corrected chi connectivity index (χ1v) is 8.80. The topological polar surface area (TPSA) is 80.4 Å². The summed E-state index contributed by atoms with van der Waals surface area (Å²) < 4.78 is 24.6. The van der Waals surface area contributed by atoms with Crippen LogP contribution in [-0.4, -0.2) is 32.4 Å². The van der Waals surface area contributed by atoms with Gasteiger partial charge in [-0.05, 0) is 24.0 Å².